The summed E-state index contributed by atoms with van der Waals surface area (Å²) >= 11 is 0. The lowest BCUT2D eigenvalue weighted by molar-refractivity contribution is 0.114. The molecule has 0 amide bonds. The molecule has 0 radical (unpaired) electrons. The first kappa shape index (κ1) is 12.2. The van der Waals surface area contributed by atoms with Crippen molar-refractivity contribution in [3.8, 4) is 0 Å². The highest BCUT2D eigenvalue weighted by Crippen LogP contribution is 2.08. The third kappa shape index (κ3) is 4.93. The molecule has 0 fully saturated rings. The summed E-state index contributed by atoms with van der Waals surface area (Å²) in [6, 6.07) is 6.76. The molecule has 0 atom stereocenters. The van der Waals surface area contributed by atoms with Crippen LogP contribution in [0.15, 0.2) is 24.3 Å². The zero-order valence-electron chi connectivity index (χ0n) is 9.34. The Morgan fingerprint density at radius 3 is 2.67 bits per heavy atom. The topological polar surface area (TPSA) is 9.23 Å². The maximum Gasteiger partial charge on any atom is 0.128 e. The van der Waals surface area contributed by atoms with Gasteiger partial charge in [0.1, 0.15) is 5.82 Å². The quantitative estimate of drug-likeness (QED) is 0.620. The van der Waals surface area contributed by atoms with Crippen LogP contribution in [0.25, 0.3) is 0 Å². The highest BCUT2D eigenvalue weighted by Gasteiger charge is 1.99. The Bertz CT molecular complexity index is 273. The van der Waals surface area contributed by atoms with Gasteiger partial charge in [0.2, 0.25) is 0 Å². The van der Waals surface area contributed by atoms with Gasteiger partial charge in [-0.05, 0) is 12.5 Å². The van der Waals surface area contributed by atoms with Crippen molar-refractivity contribution >= 4 is 0 Å². The Labute approximate surface area is 91.3 Å². The van der Waals surface area contributed by atoms with Crippen LogP contribution in [-0.4, -0.2) is 6.61 Å². The van der Waals surface area contributed by atoms with Crippen LogP contribution in [0.1, 0.15) is 38.2 Å². The highest BCUT2D eigenvalue weighted by atomic mass is 19.1. The van der Waals surface area contributed by atoms with Crippen molar-refractivity contribution in [1.29, 1.82) is 0 Å². The van der Waals surface area contributed by atoms with Gasteiger partial charge in [0.05, 0.1) is 6.61 Å². The van der Waals surface area contributed by atoms with E-state index < -0.39 is 0 Å². The summed E-state index contributed by atoms with van der Waals surface area (Å²) in [5.74, 6) is -0.175. The molecule has 0 aliphatic heterocycles. The molecule has 0 unspecified atom stereocenters. The lowest BCUT2D eigenvalue weighted by Crippen LogP contribution is -1.97. The Balaban J connectivity index is 2.12. The van der Waals surface area contributed by atoms with Gasteiger partial charge in [-0.3, -0.25) is 0 Å². The Hall–Kier alpha value is -0.890. The standard InChI is InChI=1S/C13H19FO/c1-2-3-4-7-10-15-11-12-8-5-6-9-13(12)14/h5-6,8-9H,2-4,7,10-11H2,1H3. The largest absolute Gasteiger partial charge is 0.377 e. The fourth-order valence-corrected chi connectivity index (χ4v) is 1.43. The van der Waals surface area contributed by atoms with Crippen molar-refractivity contribution in [2.24, 2.45) is 0 Å². The zero-order valence-corrected chi connectivity index (χ0v) is 9.34. The summed E-state index contributed by atoms with van der Waals surface area (Å²) in [5.41, 5.74) is 0.646. The molecule has 2 heteroatoms. The molecule has 0 N–H and O–H groups in total. The molecule has 0 bridgehead atoms. The summed E-state index contributed by atoms with van der Waals surface area (Å²) in [5, 5.41) is 0. The summed E-state index contributed by atoms with van der Waals surface area (Å²) in [4.78, 5) is 0. The van der Waals surface area contributed by atoms with Gasteiger partial charge < -0.3 is 4.74 Å². The maximum atomic E-state index is 13.1. The van der Waals surface area contributed by atoms with Crippen LogP contribution in [0.5, 0.6) is 0 Å². The fraction of sp³-hybridized carbons (Fsp3) is 0.538. The van der Waals surface area contributed by atoms with E-state index in [4.69, 9.17) is 4.74 Å². The molecule has 84 valence electrons. The van der Waals surface area contributed by atoms with Crippen molar-refractivity contribution in [3.05, 3.63) is 35.6 Å². The van der Waals surface area contributed by atoms with Gasteiger partial charge in [-0.15, -0.1) is 0 Å². The minimum Gasteiger partial charge on any atom is -0.377 e. The lowest BCUT2D eigenvalue weighted by atomic mass is 10.2. The molecule has 1 rings (SSSR count). The van der Waals surface area contributed by atoms with Crippen molar-refractivity contribution in [2.75, 3.05) is 6.61 Å². The zero-order chi connectivity index (χ0) is 10.9. The van der Waals surface area contributed by atoms with Crippen LogP contribution in [0.3, 0.4) is 0 Å². The highest BCUT2D eigenvalue weighted by molar-refractivity contribution is 5.16. The summed E-state index contributed by atoms with van der Waals surface area (Å²) in [6.45, 7) is 3.30. The number of rotatable bonds is 7. The van der Waals surface area contributed by atoms with Crippen LogP contribution >= 0.6 is 0 Å². The number of hydrogen-bond acceptors (Lipinski definition) is 1. The molecule has 15 heavy (non-hydrogen) atoms. The second-order valence-electron chi connectivity index (χ2n) is 3.70. The minimum atomic E-state index is -0.175. The first-order valence-electron chi connectivity index (χ1n) is 5.65. The van der Waals surface area contributed by atoms with Gasteiger partial charge in [0, 0.05) is 12.2 Å². The van der Waals surface area contributed by atoms with Crippen molar-refractivity contribution in [2.45, 2.75) is 39.2 Å². The van der Waals surface area contributed by atoms with Crippen LogP contribution in [0, 0.1) is 5.82 Å². The molecule has 1 nitrogen and oxygen atoms in total. The first-order valence-corrected chi connectivity index (χ1v) is 5.65. The minimum absolute atomic E-state index is 0.175. The normalized spacial score (nSPS) is 10.5. The van der Waals surface area contributed by atoms with Crippen LogP contribution < -0.4 is 0 Å². The maximum absolute atomic E-state index is 13.1. The molecule has 0 aliphatic carbocycles. The summed E-state index contributed by atoms with van der Waals surface area (Å²) in [7, 11) is 0. The van der Waals surface area contributed by atoms with E-state index in [0.29, 0.717) is 12.2 Å². The van der Waals surface area contributed by atoms with Gasteiger partial charge in [0.15, 0.2) is 0 Å². The average Bonchev–Trinajstić information content (AvgIpc) is 2.25. The molecule has 0 saturated carbocycles. The Morgan fingerprint density at radius 1 is 1.13 bits per heavy atom. The van der Waals surface area contributed by atoms with Gasteiger partial charge in [-0.2, -0.15) is 0 Å². The average molecular weight is 210 g/mol. The molecule has 0 saturated heterocycles. The van der Waals surface area contributed by atoms with E-state index in [1.807, 2.05) is 6.07 Å². The van der Waals surface area contributed by atoms with E-state index in [9.17, 15) is 4.39 Å². The van der Waals surface area contributed by atoms with Gasteiger partial charge >= 0.3 is 0 Å². The number of halogens is 1. The molecular weight excluding hydrogens is 191 g/mol. The van der Waals surface area contributed by atoms with E-state index in [1.165, 1.54) is 25.3 Å². The first-order chi connectivity index (χ1) is 7.34. The van der Waals surface area contributed by atoms with E-state index in [1.54, 1.807) is 12.1 Å². The monoisotopic (exact) mass is 210 g/mol. The van der Waals surface area contributed by atoms with Gasteiger partial charge in [-0.1, -0.05) is 44.4 Å². The van der Waals surface area contributed by atoms with Crippen molar-refractivity contribution < 1.29 is 9.13 Å². The number of benzene rings is 1. The van der Waals surface area contributed by atoms with Crippen molar-refractivity contribution in [1.82, 2.24) is 0 Å². The molecule has 0 spiro atoms. The molecular formula is C13H19FO. The smallest absolute Gasteiger partial charge is 0.128 e. The predicted octanol–water partition coefficient (Wildman–Crippen LogP) is 3.92. The Kier molecular flexibility index (Phi) is 6.02. The number of hydrogen-bond donors (Lipinski definition) is 0. The number of unbranched alkanes of at least 4 members (excludes halogenated alkanes) is 3. The van der Waals surface area contributed by atoms with Crippen molar-refractivity contribution in [3.63, 3.8) is 0 Å². The third-order valence-electron chi connectivity index (χ3n) is 2.36. The number of ether oxygens (including phenoxy) is 1. The van der Waals surface area contributed by atoms with E-state index in [0.717, 1.165) is 13.0 Å². The molecule has 1 aromatic carbocycles. The lowest BCUT2D eigenvalue weighted by Gasteiger charge is -2.04. The predicted molar refractivity (Wildman–Crippen MR) is 60.2 cm³/mol. The van der Waals surface area contributed by atoms with Crippen LogP contribution in [-0.2, 0) is 11.3 Å². The van der Waals surface area contributed by atoms with Crippen LogP contribution in [0.4, 0.5) is 4.39 Å². The molecule has 0 aromatic heterocycles. The molecule has 1 aromatic rings. The molecule has 0 aliphatic rings. The van der Waals surface area contributed by atoms with Gasteiger partial charge in [0.25, 0.3) is 0 Å². The van der Waals surface area contributed by atoms with Crippen LogP contribution in [0.2, 0.25) is 0 Å². The van der Waals surface area contributed by atoms with E-state index >= 15 is 0 Å². The summed E-state index contributed by atoms with van der Waals surface area (Å²) in [6.07, 6.45) is 4.76. The van der Waals surface area contributed by atoms with Gasteiger partial charge in [-0.25, -0.2) is 4.39 Å². The van der Waals surface area contributed by atoms with E-state index in [-0.39, 0.29) is 5.82 Å². The second-order valence-corrected chi connectivity index (χ2v) is 3.70. The SMILES string of the molecule is CCCCCCOCc1ccccc1F. The van der Waals surface area contributed by atoms with E-state index in [2.05, 4.69) is 6.92 Å². The summed E-state index contributed by atoms with van der Waals surface area (Å²) < 4.78 is 18.5. The third-order valence-corrected chi connectivity index (χ3v) is 2.36. The second kappa shape index (κ2) is 7.41. The molecule has 0 heterocycles. The Morgan fingerprint density at radius 2 is 1.93 bits per heavy atom. The fourth-order valence-electron chi connectivity index (χ4n) is 1.43.